The van der Waals surface area contributed by atoms with Crippen molar-refractivity contribution in [2.45, 2.75) is 12.6 Å². The van der Waals surface area contributed by atoms with Crippen molar-refractivity contribution in [2.75, 3.05) is 19.8 Å². The number of nitrogens with zero attached hydrogens (tertiary/aromatic N) is 1. The maximum absolute atomic E-state index is 11.8. The Morgan fingerprint density at radius 1 is 1.42 bits per heavy atom. The second-order valence-corrected chi connectivity index (χ2v) is 4.51. The topological polar surface area (TPSA) is 50.8 Å². The van der Waals surface area contributed by atoms with Crippen molar-refractivity contribution < 1.29 is 14.3 Å². The number of hydrogen-bond donors (Lipinski definition) is 1. The van der Waals surface area contributed by atoms with E-state index in [0.717, 1.165) is 18.8 Å². The van der Waals surface area contributed by atoms with E-state index >= 15 is 0 Å². The van der Waals surface area contributed by atoms with E-state index in [-0.39, 0.29) is 18.7 Å². The van der Waals surface area contributed by atoms with Gasteiger partial charge in [0.2, 0.25) is 0 Å². The van der Waals surface area contributed by atoms with Crippen molar-refractivity contribution in [1.82, 2.24) is 10.2 Å². The highest BCUT2D eigenvalue weighted by Gasteiger charge is 2.33. The summed E-state index contributed by atoms with van der Waals surface area (Å²) < 4.78 is 10.9. The van der Waals surface area contributed by atoms with Gasteiger partial charge in [-0.15, -0.1) is 0 Å². The molecule has 1 atom stereocenters. The summed E-state index contributed by atoms with van der Waals surface area (Å²) in [6, 6.07) is 9.31. The van der Waals surface area contributed by atoms with E-state index in [9.17, 15) is 4.79 Å². The fourth-order valence-corrected chi connectivity index (χ4v) is 2.14. The van der Waals surface area contributed by atoms with Crippen LogP contribution in [0.5, 0.6) is 5.75 Å². The molecule has 19 heavy (non-hydrogen) atoms. The van der Waals surface area contributed by atoms with Crippen molar-refractivity contribution in [3.63, 3.8) is 0 Å². The van der Waals surface area contributed by atoms with Crippen LogP contribution in [0.25, 0.3) is 0 Å². The number of fused-ring (bicyclic) bond motifs is 1. The van der Waals surface area contributed by atoms with Gasteiger partial charge in [0.05, 0.1) is 6.61 Å². The van der Waals surface area contributed by atoms with Crippen LogP contribution in [0.15, 0.2) is 42.2 Å². The molecule has 1 saturated heterocycles. The fraction of sp³-hybridized carbons (Fsp3) is 0.357. The zero-order valence-corrected chi connectivity index (χ0v) is 10.5. The summed E-state index contributed by atoms with van der Waals surface area (Å²) in [5.74, 6) is 1.38. The van der Waals surface area contributed by atoms with Crippen molar-refractivity contribution in [3.05, 3.63) is 42.2 Å². The first-order valence-corrected chi connectivity index (χ1v) is 6.39. The van der Waals surface area contributed by atoms with Gasteiger partial charge in [0, 0.05) is 13.0 Å². The highest BCUT2D eigenvalue weighted by atomic mass is 16.5. The Hall–Kier alpha value is -2.01. The number of carbonyl (C=O) groups excluding carboxylic acids is 1. The number of carbonyl (C=O) groups is 1. The minimum Gasteiger partial charge on any atom is -0.484 e. The largest absolute Gasteiger partial charge is 0.484 e. The molecule has 1 fully saturated rings. The Labute approximate surface area is 111 Å². The molecule has 1 N–H and O–H groups in total. The van der Waals surface area contributed by atoms with Gasteiger partial charge in [0.1, 0.15) is 17.8 Å². The second-order valence-electron chi connectivity index (χ2n) is 4.51. The monoisotopic (exact) mass is 260 g/mol. The lowest BCUT2D eigenvalue weighted by molar-refractivity contribution is -0.129. The molecule has 2 aliphatic rings. The molecule has 1 unspecified atom stereocenters. The van der Waals surface area contributed by atoms with Crippen LogP contribution >= 0.6 is 0 Å². The van der Waals surface area contributed by atoms with Crippen LogP contribution in [-0.2, 0) is 9.53 Å². The molecule has 1 aromatic carbocycles. The van der Waals surface area contributed by atoms with Crippen molar-refractivity contribution in [3.8, 4) is 5.75 Å². The number of ether oxygens (including phenoxy) is 2. The standard InChI is InChI=1S/C14H16N2O3/c17-13(10-19-11-4-2-1-3-5-11)15-12-7-9-18-14-6-8-16(12)14/h1-5,7,14H,6,8-10H2,(H,15,17). The van der Waals surface area contributed by atoms with Gasteiger partial charge in [-0.05, 0) is 18.2 Å². The van der Waals surface area contributed by atoms with Gasteiger partial charge in [-0.2, -0.15) is 0 Å². The Kier molecular flexibility index (Phi) is 3.37. The zero-order chi connectivity index (χ0) is 13.1. The van der Waals surface area contributed by atoms with Crippen LogP contribution in [0.3, 0.4) is 0 Å². The summed E-state index contributed by atoms with van der Waals surface area (Å²) in [6.07, 6.45) is 3.04. The SMILES string of the molecule is O=C(COc1ccccc1)NC1=CCOC2CCN12. The van der Waals surface area contributed by atoms with Gasteiger partial charge in [0.25, 0.3) is 5.91 Å². The minimum atomic E-state index is -0.150. The van der Waals surface area contributed by atoms with Gasteiger partial charge >= 0.3 is 0 Å². The van der Waals surface area contributed by atoms with E-state index in [1.54, 1.807) is 0 Å². The van der Waals surface area contributed by atoms with Crippen LogP contribution in [0, 0.1) is 0 Å². The van der Waals surface area contributed by atoms with Gasteiger partial charge < -0.3 is 19.7 Å². The number of nitrogens with one attached hydrogen (secondary N) is 1. The molecule has 2 heterocycles. The summed E-state index contributed by atoms with van der Waals surface area (Å²) in [5, 5.41) is 2.86. The number of para-hydroxylation sites is 1. The quantitative estimate of drug-likeness (QED) is 0.880. The molecule has 0 bridgehead atoms. The Bertz CT molecular complexity index is 487. The van der Waals surface area contributed by atoms with E-state index in [4.69, 9.17) is 9.47 Å². The molecular formula is C14H16N2O3. The molecule has 5 nitrogen and oxygen atoms in total. The molecule has 0 aliphatic carbocycles. The minimum absolute atomic E-state index is 0.0146. The fourth-order valence-electron chi connectivity index (χ4n) is 2.14. The molecule has 1 aromatic rings. The molecule has 0 saturated carbocycles. The molecule has 3 rings (SSSR count). The van der Waals surface area contributed by atoms with Crippen LogP contribution < -0.4 is 10.1 Å². The van der Waals surface area contributed by atoms with Crippen molar-refractivity contribution in [1.29, 1.82) is 0 Å². The van der Waals surface area contributed by atoms with E-state index < -0.39 is 0 Å². The Balaban J connectivity index is 1.50. The van der Waals surface area contributed by atoms with Gasteiger partial charge in [-0.1, -0.05) is 18.2 Å². The third kappa shape index (κ3) is 2.71. The molecule has 0 radical (unpaired) electrons. The number of rotatable bonds is 4. The molecule has 1 amide bonds. The zero-order valence-electron chi connectivity index (χ0n) is 10.5. The lowest BCUT2D eigenvalue weighted by Gasteiger charge is -2.45. The maximum Gasteiger partial charge on any atom is 0.263 e. The summed E-state index contributed by atoms with van der Waals surface area (Å²) >= 11 is 0. The summed E-state index contributed by atoms with van der Waals surface area (Å²) in [4.78, 5) is 13.9. The van der Waals surface area contributed by atoms with Gasteiger partial charge in [-0.25, -0.2) is 0 Å². The normalized spacial score (nSPS) is 20.9. The molecule has 5 heteroatoms. The van der Waals surface area contributed by atoms with E-state index in [1.807, 2.05) is 41.3 Å². The third-order valence-electron chi connectivity index (χ3n) is 3.22. The maximum atomic E-state index is 11.8. The van der Waals surface area contributed by atoms with Gasteiger partial charge in [-0.3, -0.25) is 4.79 Å². The third-order valence-corrected chi connectivity index (χ3v) is 3.22. The first-order chi connectivity index (χ1) is 9.33. The lowest BCUT2D eigenvalue weighted by atomic mass is 10.1. The van der Waals surface area contributed by atoms with Crippen LogP contribution in [0.4, 0.5) is 0 Å². The Morgan fingerprint density at radius 3 is 3.00 bits per heavy atom. The molecule has 0 aromatic heterocycles. The second kappa shape index (κ2) is 5.32. The highest BCUT2D eigenvalue weighted by molar-refractivity contribution is 5.79. The summed E-state index contributed by atoms with van der Waals surface area (Å²) in [6.45, 7) is 1.49. The highest BCUT2D eigenvalue weighted by Crippen LogP contribution is 2.25. The predicted octanol–water partition coefficient (Wildman–Crippen LogP) is 1.08. The Morgan fingerprint density at radius 2 is 2.26 bits per heavy atom. The average Bonchev–Trinajstić information content (AvgIpc) is 2.40. The summed E-state index contributed by atoms with van der Waals surface area (Å²) in [7, 11) is 0. The first-order valence-electron chi connectivity index (χ1n) is 6.39. The van der Waals surface area contributed by atoms with Crippen LogP contribution in [0.1, 0.15) is 6.42 Å². The molecule has 100 valence electrons. The van der Waals surface area contributed by atoms with Gasteiger partial charge in [0.15, 0.2) is 6.61 Å². The molecule has 2 aliphatic heterocycles. The van der Waals surface area contributed by atoms with E-state index in [2.05, 4.69) is 5.32 Å². The number of benzene rings is 1. The van der Waals surface area contributed by atoms with Crippen LogP contribution in [-0.4, -0.2) is 36.8 Å². The van der Waals surface area contributed by atoms with E-state index in [0.29, 0.717) is 12.4 Å². The van der Waals surface area contributed by atoms with E-state index in [1.165, 1.54) is 0 Å². The number of amides is 1. The first kappa shape index (κ1) is 12.0. The predicted molar refractivity (Wildman–Crippen MR) is 69.2 cm³/mol. The van der Waals surface area contributed by atoms with Crippen LogP contribution in [0.2, 0.25) is 0 Å². The smallest absolute Gasteiger partial charge is 0.263 e. The number of hydrogen-bond acceptors (Lipinski definition) is 4. The molecular weight excluding hydrogens is 244 g/mol. The molecule has 0 spiro atoms. The lowest BCUT2D eigenvalue weighted by Crippen LogP contribution is -2.54. The average molecular weight is 260 g/mol. The van der Waals surface area contributed by atoms with Crippen molar-refractivity contribution >= 4 is 5.91 Å². The summed E-state index contributed by atoms with van der Waals surface area (Å²) in [5.41, 5.74) is 0. The van der Waals surface area contributed by atoms with Crippen molar-refractivity contribution in [2.24, 2.45) is 0 Å².